The minimum atomic E-state index is -0.369. The molecule has 4 nitrogen and oxygen atoms in total. The van der Waals surface area contributed by atoms with Crippen LogP contribution in [0.1, 0.15) is 24.2 Å². The second-order valence-corrected chi connectivity index (χ2v) is 4.48. The van der Waals surface area contributed by atoms with E-state index in [0.29, 0.717) is 23.8 Å². The highest BCUT2D eigenvalue weighted by Gasteiger charge is 2.25. The maximum Gasteiger partial charge on any atom is 0.341 e. The summed E-state index contributed by atoms with van der Waals surface area (Å²) < 4.78 is 10.4. The fourth-order valence-corrected chi connectivity index (χ4v) is 1.85. The Morgan fingerprint density at radius 1 is 1.53 bits per heavy atom. The minimum absolute atomic E-state index is 0.274. The van der Waals surface area contributed by atoms with Crippen molar-refractivity contribution in [1.29, 1.82) is 0 Å². The molecule has 1 N–H and O–H groups in total. The molecule has 0 saturated carbocycles. The average molecular weight is 235 g/mol. The van der Waals surface area contributed by atoms with Crippen molar-refractivity contribution in [2.45, 2.75) is 19.9 Å². The summed E-state index contributed by atoms with van der Waals surface area (Å²) in [6.45, 7) is 4.84. The first-order valence-electron chi connectivity index (χ1n) is 5.74. The molecule has 0 amide bonds. The van der Waals surface area contributed by atoms with Crippen LogP contribution in [-0.4, -0.2) is 25.7 Å². The molecule has 1 aromatic carbocycles. The molecule has 1 heterocycles. The largest absolute Gasteiger partial charge is 0.488 e. The molecule has 17 heavy (non-hydrogen) atoms. The van der Waals surface area contributed by atoms with E-state index in [1.165, 1.54) is 7.11 Å². The molecule has 2 rings (SSSR count). The number of methoxy groups -OCH3 is 1. The van der Waals surface area contributed by atoms with Crippen LogP contribution in [0.25, 0.3) is 0 Å². The maximum atomic E-state index is 11.6. The van der Waals surface area contributed by atoms with Gasteiger partial charge in [-0.25, -0.2) is 4.79 Å². The second kappa shape index (κ2) is 4.65. The van der Waals surface area contributed by atoms with E-state index < -0.39 is 0 Å². The fourth-order valence-electron chi connectivity index (χ4n) is 1.85. The van der Waals surface area contributed by atoms with Crippen LogP contribution in [0.2, 0.25) is 0 Å². The number of benzene rings is 1. The molecule has 1 aliphatic rings. The van der Waals surface area contributed by atoms with Gasteiger partial charge in [0.25, 0.3) is 0 Å². The molecular formula is C13H17NO3. The number of carbonyl (C=O) groups excluding carboxylic acids is 1. The fraction of sp³-hybridized carbons (Fsp3) is 0.462. The highest BCUT2D eigenvalue weighted by Crippen LogP contribution is 2.34. The summed E-state index contributed by atoms with van der Waals surface area (Å²) in [5, 5.41) is 3.38. The minimum Gasteiger partial charge on any atom is -0.488 e. The van der Waals surface area contributed by atoms with E-state index in [-0.39, 0.29) is 12.0 Å². The van der Waals surface area contributed by atoms with Crippen molar-refractivity contribution in [3.63, 3.8) is 0 Å². The number of esters is 1. The predicted molar refractivity (Wildman–Crippen MR) is 65.5 cm³/mol. The lowest BCUT2D eigenvalue weighted by Gasteiger charge is -2.30. The predicted octanol–water partition coefficient (Wildman–Crippen LogP) is 2.30. The second-order valence-electron chi connectivity index (χ2n) is 4.48. The van der Waals surface area contributed by atoms with Crippen molar-refractivity contribution in [2.24, 2.45) is 5.92 Å². The summed E-state index contributed by atoms with van der Waals surface area (Å²) in [6, 6.07) is 5.72. The topological polar surface area (TPSA) is 47.6 Å². The molecule has 1 atom stereocenters. The molecule has 0 spiro atoms. The number of rotatable bonds is 2. The van der Waals surface area contributed by atoms with Gasteiger partial charge in [-0.15, -0.1) is 0 Å². The number of nitrogens with one attached hydrogen (secondary N) is 1. The van der Waals surface area contributed by atoms with Crippen LogP contribution < -0.4 is 10.1 Å². The summed E-state index contributed by atoms with van der Waals surface area (Å²) in [4.78, 5) is 11.6. The number of carbonyl (C=O) groups is 1. The number of anilines is 1. The van der Waals surface area contributed by atoms with Gasteiger partial charge < -0.3 is 14.8 Å². The highest BCUT2D eigenvalue weighted by molar-refractivity contribution is 5.95. The Morgan fingerprint density at radius 2 is 2.29 bits per heavy atom. The molecule has 92 valence electrons. The van der Waals surface area contributed by atoms with Crippen LogP contribution in [0.5, 0.6) is 5.75 Å². The first-order valence-corrected chi connectivity index (χ1v) is 5.74. The third kappa shape index (κ3) is 2.20. The molecule has 0 aromatic heterocycles. The van der Waals surface area contributed by atoms with Gasteiger partial charge >= 0.3 is 5.97 Å². The number of para-hydroxylation sites is 1. The van der Waals surface area contributed by atoms with Crippen molar-refractivity contribution in [1.82, 2.24) is 0 Å². The molecule has 4 heteroatoms. The summed E-state index contributed by atoms with van der Waals surface area (Å²) >= 11 is 0. The van der Waals surface area contributed by atoms with Gasteiger partial charge in [-0.2, -0.15) is 0 Å². The first kappa shape index (κ1) is 11.8. The highest BCUT2D eigenvalue weighted by atomic mass is 16.5. The lowest BCUT2D eigenvalue weighted by Crippen LogP contribution is -2.36. The molecule has 1 unspecified atom stereocenters. The Bertz CT molecular complexity index is 429. The zero-order valence-electron chi connectivity index (χ0n) is 10.3. The quantitative estimate of drug-likeness (QED) is 0.799. The lowest BCUT2D eigenvalue weighted by molar-refractivity contribution is 0.0595. The summed E-state index contributed by atoms with van der Waals surface area (Å²) in [5.74, 6) is 0.702. The Labute approximate surface area is 101 Å². The van der Waals surface area contributed by atoms with E-state index >= 15 is 0 Å². The first-order chi connectivity index (χ1) is 8.13. The molecule has 1 aromatic rings. The SMILES string of the molecule is COC(=O)c1cccc2c1OCC(C(C)C)N2. The van der Waals surface area contributed by atoms with Gasteiger partial charge in [0.05, 0.1) is 18.8 Å². The Morgan fingerprint density at radius 3 is 2.94 bits per heavy atom. The van der Waals surface area contributed by atoms with E-state index in [1.807, 2.05) is 12.1 Å². The van der Waals surface area contributed by atoms with Gasteiger partial charge in [0.2, 0.25) is 0 Å². The maximum absolute atomic E-state index is 11.6. The molecule has 0 fully saturated rings. The average Bonchev–Trinajstić information content (AvgIpc) is 2.36. The van der Waals surface area contributed by atoms with Gasteiger partial charge in [-0.1, -0.05) is 19.9 Å². The van der Waals surface area contributed by atoms with Crippen LogP contribution in [0.15, 0.2) is 18.2 Å². The molecule has 0 bridgehead atoms. The van der Waals surface area contributed by atoms with Gasteiger partial charge in [0, 0.05) is 0 Å². The van der Waals surface area contributed by atoms with Crippen LogP contribution in [0, 0.1) is 5.92 Å². The van der Waals surface area contributed by atoms with Crippen molar-refractivity contribution >= 4 is 11.7 Å². The summed E-state index contributed by atoms with van der Waals surface area (Å²) in [5.41, 5.74) is 1.33. The number of hydrogen-bond donors (Lipinski definition) is 1. The van der Waals surface area contributed by atoms with E-state index in [2.05, 4.69) is 19.2 Å². The van der Waals surface area contributed by atoms with Crippen molar-refractivity contribution in [3.05, 3.63) is 23.8 Å². The normalized spacial score (nSPS) is 18.0. The summed E-state index contributed by atoms with van der Waals surface area (Å²) in [7, 11) is 1.37. The standard InChI is InChI=1S/C13H17NO3/c1-8(2)11-7-17-12-9(13(15)16-3)5-4-6-10(12)14-11/h4-6,8,11,14H,7H2,1-3H3. The van der Waals surface area contributed by atoms with E-state index in [4.69, 9.17) is 9.47 Å². The third-order valence-corrected chi connectivity index (χ3v) is 2.97. The van der Waals surface area contributed by atoms with Gasteiger partial charge in [0.1, 0.15) is 12.2 Å². The monoisotopic (exact) mass is 235 g/mol. The van der Waals surface area contributed by atoms with Crippen LogP contribution in [0.3, 0.4) is 0 Å². The van der Waals surface area contributed by atoms with E-state index in [9.17, 15) is 4.79 Å². The number of hydrogen-bond acceptors (Lipinski definition) is 4. The van der Waals surface area contributed by atoms with Crippen molar-refractivity contribution < 1.29 is 14.3 Å². The van der Waals surface area contributed by atoms with Gasteiger partial charge in [-0.05, 0) is 18.1 Å². The van der Waals surface area contributed by atoms with Crippen LogP contribution in [0.4, 0.5) is 5.69 Å². The van der Waals surface area contributed by atoms with Crippen LogP contribution in [-0.2, 0) is 4.74 Å². The molecule has 0 aliphatic carbocycles. The molecule has 0 radical (unpaired) electrons. The number of fused-ring (bicyclic) bond motifs is 1. The lowest BCUT2D eigenvalue weighted by atomic mass is 10.0. The van der Waals surface area contributed by atoms with Crippen molar-refractivity contribution in [3.8, 4) is 5.75 Å². The summed E-state index contributed by atoms with van der Waals surface area (Å²) in [6.07, 6.45) is 0. The van der Waals surface area contributed by atoms with Gasteiger partial charge in [0.15, 0.2) is 5.75 Å². The van der Waals surface area contributed by atoms with E-state index in [0.717, 1.165) is 5.69 Å². The molecule has 1 aliphatic heterocycles. The Kier molecular flexibility index (Phi) is 3.22. The number of ether oxygens (including phenoxy) is 2. The van der Waals surface area contributed by atoms with Crippen molar-refractivity contribution in [2.75, 3.05) is 19.0 Å². The Balaban J connectivity index is 2.32. The zero-order valence-corrected chi connectivity index (χ0v) is 10.3. The smallest absolute Gasteiger partial charge is 0.341 e. The third-order valence-electron chi connectivity index (χ3n) is 2.97. The Hall–Kier alpha value is -1.71. The van der Waals surface area contributed by atoms with Crippen LogP contribution >= 0.6 is 0 Å². The molecule has 0 saturated heterocycles. The zero-order chi connectivity index (χ0) is 12.4. The van der Waals surface area contributed by atoms with E-state index in [1.54, 1.807) is 6.07 Å². The van der Waals surface area contributed by atoms with Gasteiger partial charge in [-0.3, -0.25) is 0 Å². The molecular weight excluding hydrogens is 218 g/mol.